The molecule has 0 heterocycles. The lowest BCUT2D eigenvalue weighted by Gasteiger charge is -2.29. The fourth-order valence-electron chi connectivity index (χ4n) is 5.18. The van der Waals surface area contributed by atoms with E-state index in [0.717, 1.165) is 36.9 Å². The molecule has 0 saturated carbocycles. The van der Waals surface area contributed by atoms with Gasteiger partial charge in [0.15, 0.2) is 0 Å². The van der Waals surface area contributed by atoms with Gasteiger partial charge in [0, 0.05) is 13.2 Å². The molecule has 0 rings (SSSR count). The van der Waals surface area contributed by atoms with Crippen LogP contribution in [-0.4, -0.2) is 13.2 Å². The van der Waals surface area contributed by atoms with Gasteiger partial charge in [-0.05, 0) is 23.7 Å². The van der Waals surface area contributed by atoms with E-state index in [2.05, 4.69) is 41.5 Å². The Bertz CT molecular complexity index is 283. The van der Waals surface area contributed by atoms with Gasteiger partial charge in [0.25, 0.3) is 0 Å². The van der Waals surface area contributed by atoms with Crippen LogP contribution in [0.25, 0.3) is 0 Å². The van der Waals surface area contributed by atoms with Gasteiger partial charge in [-0.3, -0.25) is 0 Å². The molecule has 0 aromatic carbocycles. The van der Waals surface area contributed by atoms with E-state index in [9.17, 15) is 0 Å². The van der Waals surface area contributed by atoms with Gasteiger partial charge in [-0.15, -0.1) is 0 Å². The minimum atomic E-state index is 0.767. The molecule has 0 amide bonds. The average molecular weight is 411 g/mol. The Morgan fingerprint density at radius 1 is 0.414 bits per heavy atom. The summed E-state index contributed by atoms with van der Waals surface area (Å²) >= 11 is 0. The number of ether oxygens (including phenoxy) is 1. The maximum Gasteiger partial charge on any atom is 0.0496 e. The van der Waals surface area contributed by atoms with E-state index in [4.69, 9.17) is 4.74 Å². The van der Waals surface area contributed by atoms with E-state index in [0.29, 0.717) is 0 Å². The smallest absolute Gasteiger partial charge is 0.0496 e. The molecule has 1 heteroatoms. The van der Waals surface area contributed by atoms with Crippen LogP contribution in [0, 0.1) is 23.7 Å². The van der Waals surface area contributed by atoms with Crippen LogP contribution in [0.2, 0.25) is 0 Å². The topological polar surface area (TPSA) is 9.23 Å². The third kappa shape index (κ3) is 14.6. The molecular weight excluding hydrogens is 352 g/mol. The molecule has 0 bridgehead atoms. The predicted octanol–water partition coefficient (Wildman–Crippen LogP) is 9.83. The fraction of sp³-hybridized carbons (Fsp3) is 1.00. The Balaban J connectivity index is 4.52. The molecule has 0 N–H and O–H groups in total. The average Bonchev–Trinajstić information content (AvgIpc) is 2.73. The third-order valence-corrected chi connectivity index (χ3v) is 7.22. The van der Waals surface area contributed by atoms with Gasteiger partial charge in [-0.2, -0.15) is 0 Å². The van der Waals surface area contributed by atoms with Crippen LogP contribution in [0.4, 0.5) is 0 Å². The monoisotopic (exact) mass is 410 g/mol. The first-order valence-corrected chi connectivity index (χ1v) is 13.8. The van der Waals surface area contributed by atoms with Gasteiger partial charge < -0.3 is 4.74 Å². The zero-order valence-electron chi connectivity index (χ0n) is 21.4. The van der Waals surface area contributed by atoms with Gasteiger partial charge in [-0.25, -0.2) is 0 Å². The summed E-state index contributed by atoms with van der Waals surface area (Å²) in [7, 11) is 0. The molecule has 176 valence electrons. The van der Waals surface area contributed by atoms with Gasteiger partial charge in [0.2, 0.25) is 0 Å². The van der Waals surface area contributed by atoms with Crippen LogP contribution in [0.15, 0.2) is 0 Å². The second-order valence-electron chi connectivity index (χ2n) is 9.67. The van der Waals surface area contributed by atoms with Gasteiger partial charge >= 0.3 is 0 Å². The van der Waals surface area contributed by atoms with Crippen molar-refractivity contribution in [2.24, 2.45) is 23.7 Å². The number of hydrogen-bond acceptors (Lipinski definition) is 1. The highest BCUT2D eigenvalue weighted by molar-refractivity contribution is 4.72. The summed E-state index contributed by atoms with van der Waals surface area (Å²) in [6.07, 6.45) is 22.0. The summed E-state index contributed by atoms with van der Waals surface area (Å²) in [5.41, 5.74) is 0. The quantitative estimate of drug-likeness (QED) is 0.161. The largest absolute Gasteiger partial charge is 0.381 e. The maximum atomic E-state index is 6.45. The second-order valence-corrected chi connectivity index (χ2v) is 9.67. The Kier molecular flexibility index (Phi) is 21.2. The Hall–Kier alpha value is -0.0400. The molecule has 4 unspecified atom stereocenters. The van der Waals surface area contributed by atoms with Crippen molar-refractivity contribution in [1.82, 2.24) is 0 Å². The lowest BCUT2D eigenvalue weighted by atomic mass is 9.82. The van der Waals surface area contributed by atoms with E-state index >= 15 is 0 Å². The lowest BCUT2D eigenvalue weighted by Crippen LogP contribution is -2.25. The lowest BCUT2D eigenvalue weighted by molar-refractivity contribution is 0.0297. The third-order valence-electron chi connectivity index (χ3n) is 7.22. The first kappa shape index (κ1) is 29.0. The summed E-state index contributed by atoms with van der Waals surface area (Å²) < 4.78 is 6.45. The van der Waals surface area contributed by atoms with Crippen molar-refractivity contribution in [3.05, 3.63) is 0 Å². The van der Waals surface area contributed by atoms with Crippen LogP contribution in [0.3, 0.4) is 0 Å². The molecule has 0 spiro atoms. The number of rotatable bonds is 22. The van der Waals surface area contributed by atoms with Crippen molar-refractivity contribution in [2.75, 3.05) is 13.2 Å². The standard InChI is InChI=1S/C28H58O/c1-7-13-15-17-21-27(19-9-3)25(11-5)23-29-24-26(12-6)28(20-10-4)22-18-16-14-8-2/h25-28H,7-24H2,1-6H3. The summed E-state index contributed by atoms with van der Waals surface area (Å²) in [6.45, 7) is 16.1. The Morgan fingerprint density at radius 3 is 1.14 bits per heavy atom. The molecule has 0 fully saturated rings. The van der Waals surface area contributed by atoms with Crippen LogP contribution in [0.5, 0.6) is 0 Å². The number of unbranched alkanes of at least 4 members (excludes halogenated alkanes) is 6. The molecule has 0 aliphatic heterocycles. The Labute approximate surface area is 186 Å². The van der Waals surface area contributed by atoms with Crippen molar-refractivity contribution in [3.63, 3.8) is 0 Å². The van der Waals surface area contributed by atoms with Crippen molar-refractivity contribution in [2.45, 2.75) is 144 Å². The zero-order chi connectivity index (χ0) is 21.7. The molecule has 0 aliphatic rings. The molecule has 0 aromatic rings. The molecule has 0 radical (unpaired) electrons. The van der Waals surface area contributed by atoms with Gasteiger partial charge in [-0.1, -0.05) is 144 Å². The minimum absolute atomic E-state index is 0.767. The van der Waals surface area contributed by atoms with Gasteiger partial charge in [0.05, 0.1) is 0 Å². The molecule has 4 atom stereocenters. The summed E-state index contributed by atoms with van der Waals surface area (Å²) in [5, 5.41) is 0. The molecule has 1 nitrogen and oxygen atoms in total. The minimum Gasteiger partial charge on any atom is -0.381 e. The van der Waals surface area contributed by atoms with Crippen LogP contribution >= 0.6 is 0 Å². The Morgan fingerprint density at radius 2 is 0.828 bits per heavy atom. The molecular formula is C28H58O. The van der Waals surface area contributed by atoms with E-state index < -0.39 is 0 Å². The second kappa shape index (κ2) is 21.2. The van der Waals surface area contributed by atoms with E-state index in [1.165, 1.54) is 103 Å². The van der Waals surface area contributed by atoms with Crippen LogP contribution < -0.4 is 0 Å². The molecule has 0 aliphatic carbocycles. The van der Waals surface area contributed by atoms with Crippen LogP contribution in [-0.2, 0) is 4.74 Å². The van der Waals surface area contributed by atoms with Crippen molar-refractivity contribution in [1.29, 1.82) is 0 Å². The summed E-state index contributed by atoms with van der Waals surface area (Å²) in [6, 6.07) is 0. The summed E-state index contributed by atoms with van der Waals surface area (Å²) in [5.74, 6) is 3.29. The SMILES string of the molecule is CCCCCCC(CCC)C(CC)COCC(CC)C(CCC)CCCCCC. The van der Waals surface area contributed by atoms with Crippen molar-refractivity contribution < 1.29 is 4.74 Å². The van der Waals surface area contributed by atoms with E-state index in [-0.39, 0.29) is 0 Å². The van der Waals surface area contributed by atoms with Crippen molar-refractivity contribution in [3.8, 4) is 0 Å². The molecule has 0 saturated heterocycles. The zero-order valence-corrected chi connectivity index (χ0v) is 21.4. The highest BCUT2D eigenvalue weighted by atomic mass is 16.5. The molecule has 29 heavy (non-hydrogen) atoms. The highest BCUT2D eigenvalue weighted by Gasteiger charge is 2.22. The fourth-order valence-corrected chi connectivity index (χ4v) is 5.18. The van der Waals surface area contributed by atoms with E-state index in [1.54, 1.807) is 0 Å². The summed E-state index contributed by atoms with van der Waals surface area (Å²) in [4.78, 5) is 0. The normalized spacial score (nSPS) is 15.9. The highest BCUT2D eigenvalue weighted by Crippen LogP contribution is 2.30. The maximum absolute atomic E-state index is 6.45. The van der Waals surface area contributed by atoms with Gasteiger partial charge in [0.1, 0.15) is 0 Å². The predicted molar refractivity (Wildman–Crippen MR) is 133 cm³/mol. The first-order chi connectivity index (χ1) is 14.2. The van der Waals surface area contributed by atoms with Crippen LogP contribution in [0.1, 0.15) is 144 Å². The first-order valence-electron chi connectivity index (χ1n) is 13.8. The number of hydrogen-bond donors (Lipinski definition) is 0. The molecule has 0 aromatic heterocycles. The van der Waals surface area contributed by atoms with Crippen molar-refractivity contribution >= 4 is 0 Å². The van der Waals surface area contributed by atoms with E-state index in [1.807, 2.05) is 0 Å².